The maximum atomic E-state index is 13.0. The molecule has 1 saturated heterocycles. The van der Waals surface area contributed by atoms with Gasteiger partial charge in [0.05, 0.1) is 4.53 Å². The fourth-order valence-electron chi connectivity index (χ4n) is 3.44. The Hall–Kier alpha value is -2.95. The minimum Gasteiger partial charge on any atom is -0.435 e. The van der Waals surface area contributed by atoms with Crippen LogP contribution < -0.4 is 14.8 Å². The molecule has 1 aliphatic rings. The molecule has 0 spiro atoms. The number of thiazole rings is 1. The standard InChI is InChI=1S/C22H17N3O4S3/c1-3-24-19(26)15(31-21(24)17-20(27)25(4-2)22(30)32-17)11-16-23-18-14(28-16)10-13(29-18)12-8-6-5-7-9-12/h5-11H,3-4H2,1-2H3/b15-11+,21-17+. The smallest absolute Gasteiger partial charge is 0.269 e. The summed E-state index contributed by atoms with van der Waals surface area (Å²) in [5, 5.41) is 0. The first-order valence-electron chi connectivity index (χ1n) is 9.95. The Labute approximate surface area is 195 Å². The highest BCUT2D eigenvalue weighted by atomic mass is 32.2. The summed E-state index contributed by atoms with van der Waals surface area (Å²) in [7, 11) is 0. The molecular formula is C22H17N3O4S3. The third-order valence-corrected chi connectivity index (χ3v) is 7.70. The van der Waals surface area contributed by atoms with Crippen molar-refractivity contribution in [2.75, 3.05) is 6.54 Å². The van der Waals surface area contributed by atoms with Crippen molar-refractivity contribution in [2.45, 2.75) is 20.4 Å². The maximum absolute atomic E-state index is 13.0. The van der Waals surface area contributed by atoms with Crippen LogP contribution in [0.2, 0.25) is 0 Å². The number of fused-ring (bicyclic) bond motifs is 1. The van der Waals surface area contributed by atoms with Crippen LogP contribution in [0.3, 0.4) is 0 Å². The zero-order valence-electron chi connectivity index (χ0n) is 17.2. The maximum Gasteiger partial charge on any atom is 0.269 e. The van der Waals surface area contributed by atoms with Gasteiger partial charge in [-0.15, -0.1) is 11.3 Å². The first-order chi connectivity index (χ1) is 15.5. The average molecular weight is 484 g/mol. The lowest BCUT2D eigenvalue weighted by Gasteiger charge is -2.09. The number of thiocarbonyl (C=S) groups is 1. The average Bonchev–Trinajstić information content (AvgIpc) is 3.50. The molecule has 3 aromatic heterocycles. The highest BCUT2D eigenvalue weighted by Crippen LogP contribution is 2.31. The fourth-order valence-corrected chi connectivity index (χ4v) is 6.12. The number of nitrogens with zero attached hydrogens (tertiary/aromatic N) is 3. The number of hydrogen-bond donors (Lipinski definition) is 0. The minimum absolute atomic E-state index is 0.167. The van der Waals surface area contributed by atoms with Crippen molar-refractivity contribution >= 4 is 67.8 Å². The fraction of sp³-hybridized carbons (Fsp3) is 0.182. The Balaban J connectivity index is 1.59. The number of carbonyl (C=O) groups is 1. The van der Waals surface area contributed by atoms with Gasteiger partial charge in [0.25, 0.3) is 17.2 Å². The van der Waals surface area contributed by atoms with Crippen LogP contribution >= 0.6 is 35.3 Å². The first-order valence-corrected chi connectivity index (χ1v) is 12.0. The van der Waals surface area contributed by atoms with E-state index in [1.54, 1.807) is 16.7 Å². The van der Waals surface area contributed by atoms with Crippen molar-refractivity contribution in [1.29, 1.82) is 0 Å². The molecule has 1 fully saturated rings. The highest BCUT2D eigenvalue weighted by Gasteiger charge is 2.32. The van der Waals surface area contributed by atoms with Crippen LogP contribution in [0.1, 0.15) is 19.7 Å². The summed E-state index contributed by atoms with van der Waals surface area (Å²) in [4.78, 5) is 32.1. The molecule has 0 N–H and O–H groups in total. The van der Waals surface area contributed by atoms with Gasteiger partial charge in [-0.1, -0.05) is 54.3 Å². The van der Waals surface area contributed by atoms with Crippen LogP contribution in [-0.4, -0.2) is 31.2 Å². The SMILES string of the molecule is CCN1C(=O)/C(=c2\s/c(=C/c3nc4oc(-c5ccccc5)cc4o3)c(=O)n2CC)SC1=S. The van der Waals surface area contributed by atoms with E-state index in [0.717, 1.165) is 5.56 Å². The van der Waals surface area contributed by atoms with Crippen LogP contribution in [-0.2, 0) is 11.3 Å². The molecule has 0 bridgehead atoms. The second-order valence-electron chi connectivity index (χ2n) is 6.91. The second kappa shape index (κ2) is 8.19. The molecule has 0 aliphatic carbocycles. The lowest BCUT2D eigenvalue weighted by Crippen LogP contribution is -2.33. The molecule has 4 heterocycles. The summed E-state index contributed by atoms with van der Waals surface area (Å²) in [6.45, 7) is 4.67. The predicted molar refractivity (Wildman–Crippen MR) is 130 cm³/mol. The van der Waals surface area contributed by atoms with E-state index in [1.165, 1.54) is 28.0 Å². The van der Waals surface area contributed by atoms with E-state index in [9.17, 15) is 9.59 Å². The van der Waals surface area contributed by atoms with E-state index in [2.05, 4.69) is 4.98 Å². The summed E-state index contributed by atoms with van der Waals surface area (Å²) >= 11 is 7.77. The number of benzene rings is 1. The molecule has 1 amide bonds. The number of aromatic nitrogens is 2. The number of carbonyl (C=O) groups excluding carboxylic acids is 1. The summed E-state index contributed by atoms with van der Waals surface area (Å²) in [5.41, 5.74) is 1.59. The minimum atomic E-state index is -0.200. The Morgan fingerprint density at radius 3 is 2.56 bits per heavy atom. The molecule has 0 unspecified atom stereocenters. The van der Waals surface area contributed by atoms with E-state index in [0.29, 0.717) is 48.6 Å². The third-order valence-electron chi connectivity index (χ3n) is 5.00. The van der Waals surface area contributed by atoms with Gasteiger partial charge in [-0.3, -0.25) is 19.1 Å². The lowest BCUT2D eigenvalue weighted by molar-refractivity contribution is -0.120. The van der Waals surface area contributed by atoms with Gasteiger partial charge >= 0.3 is 0 Å². The first kappa shape index (κ1) is 20.9. The molecule has 1 aliphatic heterocycles. The monoisotopic (exact) mass is 483 g/mol. The van der Waals surface area contributed by atoms with E-state index in [1.807, 2.05) is 44.2 Å². The van der Waals surface area contributed by atoms with Gasteiger partial charge in [-0.2, -0.15) is 4.98 Å². The molecule has 5 rings (SSSR count). The molecule has 10 heteroatoms. The van der Waals surface area contributed by atoms with E-state index in [4.69, 9.17) is 21.1 Å². The van der Waals surface area contributed by atoms with Gasteiger partial charge in [-0.05, 0) is 13.8 Å². The highest BCUT2D eigenvalue weighted by molar-refractivity contribution is 8.30. The van der Waals surface area contributed by atoms with E-state index in [-0.39, 0.29) is 17.4 Å². The van der Waals surface area contributed by atoms with Crippen LogP contribution in [0.25, 0.3) is 33.6 Å². The van der Waals surface area contributed by atoms with Crippen molar-refractivity contribution in [3.05, 3.63) is 61.8 Å². The van der Waals surface area contributed by atoms with Crippen molar-refractivity contribution < 1.29 is 13.6 Å². The summed E-state index contributed by atoms with van der Waals surface area (Å²) in [6, 6.07) is 11.5. The van der Waals surface area contributed by atoms with Gasteiger partial charge in [0.2, 0.25) is 5.89 Å². The van der Waals surface area contributed by atoms with Crippen molar-refractivity contribution in [3.8, 4) is 11.3 Å². The van der Waals surface area contributed by atoms with Gasteiger partial charge < -0.3 is 8.83 Å². The third kappa shape index (κ3) is 3.44. The molecule has 7 nitrogen and oxygen atoms in total. The number of rotatable bonds is 4. The van der Waals surface area contributed by atoms with Crippen LogP contribution in [0.4, 0.5) is 0 Å². The molecule has 162 valence electrons. The molecule has 1 aromatic carbocycles. The van der Waals surface area contributed by atoms with Crippen LogP contribution in [0.5, 0.6) is 0 Å². The number of oxazole rings is 1. The van der Waals surface area contributed by atoms with E-state index >= 15 is 0 Å². The molecule has 4 aromatic rings. The number of furan rings is 1. The molecule has 0 radical (unpaired) electrons. The summed E-state index contributed by atoms with van der Waals surface area (Å²) in [6.07, 6.45) is 1.58. The van der Waals surface area contributed by atoms with Crippen molar-refractivity contribution in [3.63, 3.8) is 0 Å². The van der Waals surface area contributed by atoms with Crippen LogP contribution in [0.15, 0.2) is 50.0 Å². The summed E-state index contributed by atoms with van der Waals surface area (Å²) in [5.74, 6) is 0.766. The predicted octanol–water partition coefficient (Wildman–Crippen LogP) is 3.15. The molecule has 0 saturated carbocycles. The number of thioether (sulfide) groups is 1. The Morgan fingerprint density at radius 1 is 1.12 bits per heavy atom. The molecular weight excluding hydrogens is 466 g/mol. The molecule has 0 atom stereocenters. The Bertz CT molecular complexity index is 1510. The van der Waals surface area contributed by atoms with Gasteiger partial charge in [-0.25, -0.2) is 0 Å². The Morgan fingerprint density at radius 2 is 1.91 bits per heavy atom. The van der Waals surface area contributed by atoms with Crippen LogP contribution in [0, 0.1) is 0 Å². The topological polar surface area (TPSA) is 81.5 Å². The lowest BCUT2D eigenvalue weighted by atomic mass is 10.2. The zero-order chi connectivity index (χ0) is 22.4. The molecule has 32 heavy (non-hydrogen) atoms. The number of hydrogen-bond acceptors (Lipinski definition) is 8. The van der Waals surface area contributed by atoms with Crippen molar-refractivity contribution in [2.24, 2.45) is 0 Å². The zero-order valence-corrected chi connectivity index (χ0v) is 19.6. The summed E-state index contributed by atoms with van der Waals surface area (Å²) < 4.78 is 14.7. The van der Waals surface area contributed by atoms with Crippen molar-refractivity contribution in [1.82, 2.24) is 14.5 Å². The Kier molecular flexibility index (Phi) is 5.36. The largest absolute Gasteiger partial charge is 0.435 e. The van der Waals surface area contributed by atoms with Gasteiger partial charge in [0.15, 0.2) is 5.58 Å². The quantitative estimate of drug-likeness (QED) is 0.413. The normalized spacial score (nSPS) is 16.7. The van der Waals surface area contributed by atoms with E-state index < -0.39 is 0 Å². The second-order valence-corrected chi connectivity index (χ2v) is 9.58. The van der Waals surface area contributed by atoms with Gasteiger partial charge in [0.1, 0.15) is 19.6 Å². The number of amides is 1. The van der Waals surface area contributed by atoms with Gasteiger partial charge in [0, 0.05) is 30.8 Å².